The zero-order chi connectivity index (χ0) is 22.3. The van der Waals surface area contributed by atoms with E-state index in [9.17, 15) is 19.5 Å². The number of rotatable bonds is 7. The Hall–Kier alpha value is -2.51. The second-order valence-electron chi connectivity index (χ2n) is 7.31. The summed E-state index contributed by atoms with van der Waals surface area (Å²) in [4.78, 5) is 36.4. The number of hydrogen-bond acceptors (Lipinski definition) is 7. The van der Waals surface area contributed by atoms with E-state index in [-0.39, 0.29) is 18.6 Å². The van der Waals surface area contributed by atoms with Crippen LogP contribution in [0.1, 0.15) is 40.0 Å². The van der Waals surface area contributed by atoms with Crippen LogP contribution in [0.2, 0.25) is 0 Å². The number of ether oxygens (including phenoxy) is 3. The van der Waals surface area contributed by atoms with Gasteiger partial charge in [0.2, 0.25) is 0 Å². The zero-order valence-corrected chi connectivity index (χ0v) is 17.8. The van der Waals surface area contributed by atoms with Crippen LogP contribution in [0.25, 0.3) is 0 Å². The quantitative estimate of drug-likeness (QED) is 0.294. The van der Waals surface area contributed by atoms with Gasteiger partial charge in [0.15, 0.2) is 0 Å². The van der Waals surface area contributed by atoms with Gasteiger partial charge in [0.1, 0.15) is 24.6 Å². The molecule has 1 saturated heterocycles. The van der Waals surface area contributed by atoms with Gasteiger partial charge in [-0.05, 0) is 50.8 Å². The highest BCUT2D eigenvalue weighted by molar-refractivity contribution is 5.92. The van der Waals surface area contributed by atoms with Crippen LogP contribution < -0.4 is 0 Å². The van der Waals surface area contributed by atoms with E-state index >= 15 is 0 Å². The fraction of sp³-hybridized carbons (Fsp3) is 0.522. The van der Waals surface area contributed by atoms with Crippen LogP contribution in [0.4, 0.5) is 0 Å². The van der Waals surface area contributed by atoms with E-state index in [1.54, 1.807) is 32.9 Å². The molecule has 2 aliphatic rings. The van der Waals surface area contributed by atoms with Crippen molar-refractivity contribution >= 4 is 18.2 Å². The molecule has 30 heavy (non-hydrogen) atoms. The lowest BCUT2D eigenvalue weighted by atomic mass is 9.82. The van der Waals surface area contributed by atoms with Crippen LogP contribution in [-0.2, 0) is 28.6 Å². The molecule has 0 radical (unpaired) electrons. The highest BCUT2D eigenvalue weighted by Gasteiger charge is 2.48. The van der Waals surface area contributed by atoms with E-state index in [1.807, 2.05) is 6.08 Å². The number of carbonyl (C=O) groups excluding carboxylic acids is 3. The molecule has 0 bridgehead atoms. The first kappa shape index (κ1) is 23.8. The predicted octanol–water partition coefficient (Wildman–Crippen LogP) is 2.60. The van der Waals surface area contributed by atoms with Crippen molar-refractivity contribution < 1.29 is 33.7 Å². The Labute approximate surface area is 177 Å². The van der Waals surface area contributed by atoms with Gasteiger partial charge in [0, 0.05) is 24.2 Å². The predicted molar refractivity (Wildman–Crippen MR) is 110 cm³/mol. The number of esters is 2. The van der Waals surface area contributed by atoms with Gasteiger partial charge in [-0.1, -0.05) is 18.7 Å². The summed E-state index contributed by atoms with van der Waals surface area (Å²) in [7, 11) is 0. The van der Waals surface area contributed by atoms with Gasteiger partial charge in [-0.3, -0.25) is 0 Å². The number of allylic oxidation sites excluding steroid dienone is 2. The summed E-state index contributed by atoms with van der Waals surface area (Å²) < 4.78 is 17.3. The Morgan fingerprint density at radius 1 is 1.43 bits per heavy atom. The Bertz CT molecular complexity index is 774. The smallest absolute Gasteiger partial charge is 0.334 e. The summed E-state index contributed by atoms with van der Waals surface area (Å²) >= 11 is 0. The number of aliphatic hydroxyl groups is 1. The van der Waals surface area contributed by atoms with Crippen molar-refractivity contribution in [3.63, 3.8) is 0 Å². The lowest BCUT2D eigenvalue weighted by molar-refractivity contribution is -0.156. The number of aliphatic hydroxyl groups excluding tert-OH is 1. The summed E-state index contributed by atoms with van der Waals surface area (Å²) in [5.74, 6) is -1.85. The third kappa shape index (κ3) is 5.34. The molecule has 1 fully saturated rings. The third-order valence-corrected chi connectivity index (χ3v) is 5.42. The van der Waals surface area contributed by atoms with Crippen molar-refractivity contribution in [1.82, 2.24) is 0 Å². The minimum absolute atomic E-state index is 0.0954. The second kappa shape index (κ2) is 11.0. The maximum absolute atomic E-state index is 12.7. The maximum atomic E-state index is 12.7. The van der Waals surface area contributed by atoms with Crippen molar-refractivity contribution in [3.8, 4) is 0 Å². The lowest BCUT2D eigenvalue weighted by Gasteiger charge is -2.34. The SMILES string of the molecule is C=C1C(=O)OC2C=C(CO)CCC=C(CC=O)C(OCC)C(OC(=O)C(C)=CC)C12. The van der Waals surface area contributed by atoms with Gasteiger partial charge in [0.05, 0.1) is 12.5 Å². The third-order valence-electron chi connectivity index (χ3n) is 5.42. The minimum atomic E-state index is -0.934. The highest BCUT2D eigenvalue weighted by Crippen LogP contribution is 2.38. The molecule has 1 aliphatic carbocycles. The molecule has 1 N–H and O–H groups in total. The van der Waals surface area contributed by atoms with Crippen LogP contribution in [0.5, 0.6) is 0 Å². The molecule has 0 amide bonds. The second-order valence-corrected chi connectivity index (χ2v) is 7.31. The minimum Gasteiger partial charge on any atom is -0.455 e. The summed E-state index contributed by atoms with van der Waals surface area (Å²) in [6, 6.07) is 0. The lowest BCUT2D eigenvalue weighted by Crippen LogP contribution is -2.44. The standard InChI is InChI=1S/C23H30O7/c1-5-14(3)22(26)30-21-19-15(4)23(27)29-18(19)12-16(13-25)8-7-9-17(10-11-24)20(21)28-6-2/h5,9,11-12,18-21,25H,4,6-8,10,13H2,1-3H3. The van der Waals surface area contributed by atoms with Crippen molar-refractivity contribution in [3.05, 3.63) is 47.1 Å². The zero-order valence-electron chi connectivity index (χ0n) is 17.8. The Kier molecular flexibility index (Phi) is 8.74. The molecule has 0 spiro atoms. The molecule has 164 valence electrons. The van der Waals surface area contributed by atoms with Crippen LogP contribution in [0.15, 0.2) is 47.1 Å². The fourth-order valence-electron chi connectivity index (χ4n) is 3.68. The van der Waals surface area contributed by atoms with Crippen LogP contribution in [-0.4, -0.2) is 54.9 Å². The van der Waals surface area contributed by atoms with Crippen molar-refractivity contribution in [2.75, 3.05) is 13.2 Å². The van der Waals surface area contributed by atoms with E-state index < -0.39 is 36.2 Å². The van der Waals surface area contributed by atoms with Crippen molar-refractivity contribution in [1.29, 1.82) is 0 Å². The number of hydrogen-bond donors (Lipinski definition) is 1. The monoisotopic (exact) mass is 418 g/mol. The average Bonchev–Trinajstić information content (AvgIpc) is 3.01. The van der Waals surface area contributed by atoms with E-state index in [0.29, 0.717) is 36.2 Å². The molecule has 0 saturated carbocycles. The molecule has 4 unspecified atom stereocenters. The molecule has 2 rings (SSSR count). The van der Waals surface area contributed by atoms with Gasteiger partial charge in [-0.25, -0.2) is 9.59 Å². The first-order chi connectivity index (χ1) is 14.4. The first-order valence-electron chi connectivity index (χ1n) is 10.2. The fourth-order valence-corrected chi connectivity index (χ4v) is 3.68. The van der Waals surface area contributed by atoms with E-state index in [1.165, 1.54) is 0 Å². The Balaban J connectivity index is 2.62. The van der Waals surface area contributed by atoms with E-state index in [4.69, 9.17) is 14.2 Å². The van der Waals surface area contributed by atoms with Crippen molar-refractivity contribution in [2.24, 2.45) is 5.92 Å². The van der Waals surface area contributed by atoms with Gasteiger partial charge in [-0.15, -0.1) is 0 Å². The van der Waals surface area contributed by atoms with E-state index in [2.05, 4.69) is 6.58 Å². The highest BCUT2D eigenvalue weighted by atomic mass is 16.6. The van der Waals surface area contributed by atoms with Gasteiger partial charge >= 0.3 is 11.9 Å². The van der Waals surface area contributed by atoms with Crippen LogP contribution in [0, 0.1) is 5.92 Å². The molecule has 1 aliphatic heterocycles. The van der Waals surface area contributed by atoms with Crippen LogP contribution >= 0.6 is 0 Å². The van der Waals surface area contributed by atoms with Gasteiger partial charge in [0.25, 0.3) is 0 Å². The summed E-state index contributed by atoms with van der Waals surface area (Å²) in [5, 5.41) is 9.72. The molecular formula is C23H30O7. The average molecular weight is 418 g/mol. The molecule has 7 heteroatoms. The molecular weight excluding hydrogens is 388 g/mol. The molecule has 0 aromatic carbocycles. The summed E-state index contributed by atoms with van der Waals surface area (Å²) in [5.41, 5.74) is 1.93. The first-order valence-corrected chi connectivity index (χ1v) is 10.2. The van der Waals surface area contributed by atoms with Crippen LogP contribution in [0.3, 0.4) is 0 Å². The van der Waals surface area contributed by atoms with E-state index in [0.717, 1.165) is 6.29 Å². The molecule has 1 heterocycles. The molecule has 4 atom stereocenters. The Morgan fingerprint density at radius 3 is 2.77 bits per heavy atom. The molecule has 7 nitrogen and oxygen atoms in total. The van der Waals surface area contributed by atoms with Crippen molar-refractivity contribution in [2.45, 2.75) is 58.3 Å². The Morgan fingerprint density at radius 2 is 2.17 bits per heavy atom. The summed E-state index contributed by atoms with van der Waals surface area (Å²) in [6.07, 6.45) is 4.74. The molecule has 0 aromatic heterocycles. The number of fused-ring (bicyclic) bond motifs is 1. The van der Waals surface area contributed by atoms with Gasteiger partial charge in [-0.2, -0.15) is 0 Å². The number of carbonyl (C=O) groups is 3. The maximum Gasteiger partial charge on any atom is 0.334 e. The number of aldehydes is 1. The molecule has 0 aromatic rings. The van der Waals surface area contributed by atoms with Gasteiger partial charge < -0.3 is 24.1 Å². The largest absolute Gasteiger partial charge is 0.455 e. The normalized spacial score (nSPS) is 27.5. The topological polar surface area (TPSA) is 99.1 Å². The summed E-state index contributed by atoms with van der Waals surface area (Å²) in [6.45, 7) is 9.15.